The fraction of sp³-hybridized carbons (Fsp3) is 0.387. The van der Waals surface area contributed by atoms with E-state index in [9.17, 15) is 9.59 Å². The number of hydrogen-bond acceptors (Lipinski definition) is 8. The van der Waals surface area contributed by atoms with Gasteiger partial charge in [-0.3, -0.25) is 4.79 Å². The molecule has 2 aliphatic rings. The summed E-state index contributed by atoms with van der Waals surface area (Å²) in [5, 5.41) is 0. The number of aromatic nitrogens is 2. The predicted molar refractivity (Wildman–Crippen MR) is 155 cm³/mol. The first kappa shape index (κ1) is 26.1. The molecular weight excluding hydrogens is 508 g/mol. The van der Waals surface area contributed by atoms with Crippen molar-refractivity contribution in [2.75, 3.05) is 49.8 Å². The fourth-order valence-electron chi connectivity index (χ4n) is 5.78. The highest BCUT2D eigenvalue weighted by molar-refractivity contribution is 5.90. The molecule has 4 heterocycles. The molecule has 1 atom stereocenters. The van der Waals surface area contributed by atoms with Crippen LogP contribution in [-0.2, 0) is 9.47 Å². The summed E-state index contributed by atoms with van der Waals surface area (Å²) in [6, 6.07) is 16.3. The van der Waals surface area contributed by atoms with Gasteiger partial charge in [-0.05, 0) is 62.4 Å². The van der Waals surface area contributed by atoms with Crippen LogP contribution < -0.4 is 15.2 Å². The standard InChI is InChI=1S/C31H34N4O5/c1-3-39-30(37)25-19-35(27(18-28(25)36)21-8-10-22(11-9-21)33-14-4-5-15-33)23-12-13-26-29(17-23)40-31(32-26)34-16-6-7-24(34)20-38-2/h8-13,17-19,24H,3-7,14-16,20H2,1-2H3/t24-/m1/s1. The number of pyridine rings is 1. The van der Waals surface area contributed by atoms with E-state index in [1.54, 1.807) is 20.2 Å². The highest BCUT2D eigenvalue weighted by Gasteiger charge is 2.28. The minimum atomic E-state index is -0.640. The van der Waals surface area contributed by atoms with Gasteiger partial charge in [0.2, 0.25) is 0 Å². The molecule has 6 rings (SSSR count). The Labute approximate surface area is 232 Å². The van der Waals surface area contributed by atoms with Gasteiger partial charge in [0.25, 0.3) is 6.01 Å². The van der Waals surface area contributed by atoms with Crippen LogP contribution in [0.25, 0.3) is 28.0 Å². The Hall–Kier alpha value is -4.11. The lowest BCUT2D eigenvalue weighted by Crippen LogP contribution is -2.32. The normalized spacial score (nSPS) is 17.2. The Balaban J connectivity index is 1.42. The van der Waals surface area contributed by atoms with Gasteiger partial charge in [-0.2, -0.15) is 4.98 Å². The largest absolute Gasteiger partial charge is 0.462 e. The summed E-state index contributed by atoms with van der Waals surface area (Å²) >= 11 is 0. The zero-order chi connectivity index (χ0) is 27.6. The molecule has 0 aliphatic carbocycles. The molecule has 0 spiro atoms. The van der Waals surface area contributed by atoms with E-state index in [0.29, 0.717) is 23.9 Å². The van der Waals surface area contributed by atoms with Gasteiger partial charge in [-0.1, -0.05) is 12.1 Å². The fourth-order valence-corrected chi connectivity index (χ4v) is 5.78. The number of carbonyl (C=O) groups is 1. The lowest BCUT2D eigenvalue weighted by Gasteiger charge is -2.21. The van der Waals surface area contributed by atoms with E-state index < -0.39 is 5.97 Å². The Bertz CT molecular complexity index is 1570. The van der Waals surface area contributed by atoms with E-state index in [2.05, 4.69) is 21.9 Å². The second-order valence-electron chi connectivity index (χ2n) is 10.4. The molecule has 9 nitrogen and oxygen atoms in total. The quantitative estimate of drug-likeness (QED) is 0.286. The minimum Gasteiger partial charge on any atom is -0.462 e. The van der Waals surface area contributed by atoms with Crippen molar-refractivity contribution in [2.45, 2.75) is 38.6 Å². The molecule has 9 heteroatoms. The van der Waals surface area contributed by atoms with Crippen LogP contribution in [0.5, 0.6) is 0 Å². The number of esters is 1. The van der Waals surface area contributed by atoms with E-state index in [0.717, 1.165) is 49.2 Å². The van der Waals surface area contributed by atoms with Crippen molar-refractivity contribution in [1.29, 1.82) is 0 Å². The molecule has 2 saturated heterocycles. The van der Waals surface area contributed by atoms with E-state index in [1.807, 2.05) is 34.9 Å². The number of oxazole rings is 1. The maximum atomic E-state index is 13.1. The SMILES string of the molecule is CCOC(=O)c1cn(-c2ccc3nc(N4CCC[C@@H]4COC)oc3c2)c(-c2ccc(N3CCCC3)cc2)cc1=O. The number of carbonyl (C=O) groups excluding carboxylic acids is 1. The van der Waals surface area contributed by atoms with Crippen LogP contribution in [0.4, 0.5) is 11.7 Å². The molecule has 2 aliphatic heterocycles. The highest BCUT2D eigenvalue weighted by Crippen LogP contribution is 2.31. The van der Waals surface area contributed by atoms with Crippen molar-refractivity contribution in [3.8, 4) is 16.9 Å². The molecule has 2 aromatic heterocycles. The highest BCUT2D eigenvalue weighted by atomic mass is 16.5. The molecule has 0 unspecified atom stereocenters. The molecule has 0 bridgehead atoms. The zero-order valence-corrected chi connectivity index (χ0v) is 23.0. The molecule has 0 radical (unpaired) electrons. The van der Waals surface area contributed by atoms with Crippen LogP contribution in [0.15, 0.2) is 63.9 Å². The second kappa shape index (κ2) is 11.2. The topological polar surface area (TPSA) is 90.0 Å². The summed E-state index contributed by atoms with van der Waals surface area (Å²) in [6.45, 7) is 5.51. The number of nitrogens with zero attached hydrogens (tertiary/aromatic N) is 4. The van der Waals surface area contributed by atoms with Gasteiger partial charge in [0.1, 0.15) is 11.1 Å². The van der Waals surface area contributed by atoms with Gasteiger partial charge in [0, 0.05) is 56.4 Å². The minimum absolute atomic E-state index is 0.0166. The van der Waals surface area contributed by atoms with Gasteiger partial charge in [-0.25, -0.2) is 4.79 Å². The number of rotatable bonds is 8. The van der Waals surface area contributed by atoms with Crippen molar-refractivity contribution < 1.29 is 18.7 Å². The molecule has 2 fully saturated rings. The molecule has 0 saturated carbocycles. The van der Waals surface area contributed by atoms with Gasteiger partial charge in [-0.15, -0.1) is 0 Å². The molecule has 4 aromatic rings. The molecule has 0 N–H and O–H groups in total. The summed E-state index contributed by atoms with van der Waals surface area (Å²) in [6.07, 6.45) is 6.07. The van der Waals surface area contributed by atoms with Gasteiger partial charge >= 0.3 is 5.97 Å². The van der Waals surface area contributed by atoms with E-state index >= 15 is 0 Å². The lowest BCUT2D eigenvalue weighted by molar-refractivity contribution is 0.0524. The van der Waals surface area contributed by atoms with Crippen LogP contribution in [0.3, 0.4) is 0 Å². The van der Waals surface area contributed by atoms with Crippen molar-refractivity contribution in [3.63, 3.8) is 0 Å². The molecule has 40 heavy (non-hydrogen) atoms. The smallest absolute Gasteiger partial charge is 0.343 e. The van der Waals surface area contributed by atoms with Crippen LogP contribution in [-0.4, -0.2) is 61.5 Å². The number of ether oxygens (including phenoxy) is 2. The number of anilines is 2. The Kier molecular flexibility index (Phi) is 7.30. The second-order valence-corrected chi connectivity index (χ2v) is 10.4. The average Bonchev–Trinajstić information content (AvgIpc) is 3.74. The number of hydrogen-bond donors (Lipinski definition) is 0. The predicted octanol–water partition coefficient (Wildman–Crippen LogP) is 5.04. The number of fused-ring (bicyclic) bond motifs is 1. The monoisotopic (exact) mass is 542 g/mol. The van der Waals surface area contributed by atoms with Crippen molar-refractivity contribution in [2.24, 2.45) is 0 Å². The molecule has 208 valence electrons. The van der Waals surface area contributed by atoms with Gasteiger partial charge in [0.05, 0.1) is 24.9 Å². The van der Waals surface area contributed by atoms with Crippen molar-refractivity contribution >= 4 is 28.8 Å². The third-order valence-electron chi connectivity index (χ3n) is 7.80. The molecular formula is C31H34N4O5. The van der Waals surface area contributed by atoms with Crippen LogP contribution in [0, 0.1) is 0 Å². The number of benzene rings is 2. The Morgan fingerprint density at radius 3 is 2.55 bits per heavy atom. The third-order valence-corrected chi connectivity index (χ3v) is 7.80. The zero-order valence-electron chi connectivity index (χ0n) is 23.0. The molecule has 0 amide bonds. The van der Waals surface area contributed by atoms with E-state index in [4.69, 9.17) is 18.9 Å². The first-order valence-corrected chi connectivity index (χ1v) is 14.0. The summed E-state index contributed by atoms with van der Waals surface area (Å²) in [5.41, 5.74) is 4.42. The summed E-state index contributed by atoms with van der Waals surface area (Å²) in [4.78, 5) is 35.0. The van der Waals surface area contributed by atoms with Crippen molar-refractivity contribution in [3.05, 3.63) is 70.5 Å². The van der Waals surface area contributed by atoms with Gasteiger partial charge < -0.3 is 28.3 Å². The van der Waals surface area contributed by atoms with Crippen LogP contribution in [0.1, 0.15) is 43.0 Å². The van der Waals surface area contributed by atoms with E-state index in [-0.39, 0.29) is 23.6 Å². The van der Waals surface area contributed by atoms with Crippen molar-refractivity contribution in [1.82, 2.24) is 9.55 Å². The maximum absolute atomic E-state index is 13.1. The summed E-state index contributed by atoms with van der Waals surface area (Å²) in [5.74, 6) is -0.640. The van der Waals surface area contributed by atoms with Crippen LogP contribution >= 0.6 is 0 Å². The summed E-state index contributed by atoms with van der Waals surface area (Å²) < 4.78 is 18.7. The van der Waals surface area contributed by atoms with E-state index in [1.165, 1.54) is 24.6 Å². The number of methoxy groups -OCH3 is 1. The summed E-state index contributed by atoms with van der Waals surface area (Å²) in [7, 11) is 1.71. The first-order chi connectivity index (χ1) is 19.6. The Morgan fingerprint density at radius 1 is 1.02 bits per heavy atom. The average molecular weight is 543 g/mol. The Morgan fingerprint density at radius 2 is 1.80 bits per heavy atom. The molecule has 2 aromatic carbocycles. The first-order valence-electron chi connectivity index (χ1n) is 14.0. The maximum Gasteiger partial charge on any atom is 0.343 e. The van der Waals surface area contributed by atoms with Crippen LogP contribution in [0.2, 0.25) is 0 Å². The lowest BCUT2D eigenvalue weighted by atomic mass is 10.1. The van der Waals surface area contributed by atoms with Gasteiger partial charge in [0.15, 0.2) is 11.0 Å². The third kappa shape index (κ3) is 4.97.